The molecule has 0 amide bonds. The van der Waals surface area contributed by atoms with Gasteiger partial charge in [0.2, 0.25) is 0 Å². The van der Waals surface area contributed by atoms with E-state index in [-0.39, 0.29) is 0 Å². The molecule has 0 bridgehead atoms. The Morgan fingerprint density at radius 1 is 0.857 bits per heavy atom. The maximum absolute atomic E-state index is 8.87. The lowest BCUT2D eigenvalue weighted by molar-refractivity contribution is 0.156. The second-order valence-corrected chi connectivity index (χ2v) is 4.26. The molecule has 0 spiro atoms. The van der Waals surface area contributed by atoms with Crippen LogP contribution in [0, 0.1) is 5.41 Å². The fraction of sp³-hybridized carbons (Fsp3) is 1.00. The Balaban J connectivity index is 4.11. The monoisotopic (exact) mass is 202 g/mol. The van der Waals surface area contributed by atoms with Crippen molar-refractivity contribution in [2.75, 3.05) is 13.2 Å². The quantitative estimate of drug-likeness (QED) is 0.603. The van der Waals surface area contributed by atoms with Gasteiger partial charge < -0.3 is 10.2 Å². The van der Waals surface area contributed by atoms with Gasteiger partial charge in [0.25, 0.3) is 0 Å². The van der Waals surface area contributed by atoms with Crippen molar-refractivity contribution in [1.29, 1.82) is 0 Å². The van der Waals surface area contributed by atoms with Crippen molar-refractivity contribution < 1.29 is 10.2 Å². The summed E-state index contributed by atoms with van der Waals surface area (Å²) in [6.07, 6.45) is 7.61. The largest absolute Gasteiger partial charge is 0.396 e. The molecule has 0 radical (unpaired) electrons. The van der Waals surface area contributed by atoms with Crippen LogP contribution in [0.1, 0.15) is 58.8 Å². The van der Waals surface area contributed by atoms with Crippen molar-refractivity contribution in [2.45, 2.75) is 58.8 Å². The van der Waals surface area contributed by atoms with Gasteiger partial charge in [-0.05, 0) is 37.5 Å². The lowest BCUT2D eigenvalue weighted by Crippen LogP contribution is -2.20. The first-order valence-electron chi connectivity index (χ1n) is 5.96. The number of hydrogen-bond acceptors (Lipinski definition) is 2. The molecule has 2 heteroatoms. The van der Waals surface area contributed by atoms with E-state index in [9.17, 15) is 0 Å². The Kier molecular flexibility index (Phi) is 8.20. The predicted molar refractivity (Wildman–Crippen MR) is 60.3 cm³/mol. The summed E-state index contributed by atoms with van der Waals surface area (Å²) in [6, 6.07) is 0. The van der Waals surface area contributed by atoms with Crippen LogP contribution in [-0.2, 0) is 0 Å². The highest BCUT2D eigenvalue weighted by atomic mass is 16.3. The summed E-state index contributed by atoms with van der Waals surface area (Å²) in [4.78, 5) is 0. The van der Waals surface area contributed by atoms with E-state index in [0.29, 0.717) is 18.6 Å². The predicted octanol–water partition coefficient (Wildman–Crippen LogP) is 2.73. The smallest absolute Gasteiger partial charge is 0.0431 e. The van der Waals surface area contributed by atoms with E-state index in [0.717, 1.165) is 25.7 Å². The molecule has 0 heterocycles. The maximum atomic E-state index is 8.87. The van der Waals surface area contributed by atoms with Crippen LogP contribution in [0.15, 0.2) is 0 Å². The van der Waals surface area contributed by atoms with E-state index in [1.807, 2.05) is 0 Å². The second-order valence-electron chi connectivity index (χ2n) is 4.26. The first-order chi connectivity index (χ1) is 6.74. The van der Waals surface area contributed by atoms with Gasteiger partial charge in [-0.2, -0.15) is 0 Å². The zero-order chi connectivity index (χ0) is 10.9. The molecule has 0 rings (SSSR count). The van der Waals surface area contributed by atoms with E-state index in [4.69, 9.17) is 10.2 Å². The second kappa shape index (κ2) is 8.25. The average Bonchev–Trinajstić information content (AvgIpc) is 2.22. The molecule has 0 fully saturated rings. The fourth-order valence-electron chi connectivity index (χ4n) is 2.34. The van der Waals surface area contributed by atoms with Gasteiger partial charge in [-0.25, -0.2) is 0 Å². The van der Waals surface area contributed by atoms with Crippen molar-refractivity contribution >= 4 is 0 Å². The van der Waals surface area contributed by atoms with Crippen molar-refractivity contribution in [3.05, 3.63) is 0 Å². The summed E-state index contributed by atoms with van der Waals surface area (Å²) in [5.41, 5.74) is 0.375. The molecule has 0 atom stereocenters. The lowest BCUT2D eigenvalue weighted by Gasteiger charge is -2.32. The third kappa shape index (κ3) is 4.97. The minimum Gasteiger partial charge on any atom is -0.396 e. The van der Waals surface area contributed by atoms with Crippen molar-refractivity contribution in [2.24, 2.45) is 5.41 Å². The van der Waals surface area contributed by atoms with Gasteiger partial charge in [-0.3, -0.25) is 0 Å². The molecule has 0 aliphatic heterocycles. The fourth-order valence-corrected chi connectivity index (χ4v) is 2.34. The van der Waals surface area contributed by atoms with E-state index in [2.05, 4.69) is 13.8 Å². The summed E-state index contributed by atoms with van der Waals surface area (Å²) in [5.74, 6) is 0. The zero-order valence-corrected chi connectivity index (χ0v) is 9.76. The highest BCUT2D eigenvalue weighted by Crippen LogP contribution is 2.38. The molecule has 14 heavy (non-hydrogen) atoms. The van der Waals surface area contributed by atoms with Crippen LogP contribution in [0.3, 0.4) is 0 Å². The van der Waals surface area contributed by atoms with Gasteiger partial charge >= 0.3 is 0 Å². The van der Waals surface area contributed by atoms with E-state index >= 15 is 0 Å². The minimum absolute atomic E-state index is 0.296. The van der Waals surface area contributed by atoms with Gasteiger partial charge in [0.1, 0.15) is 0 Å². The number of aliphatic hydroxyl groups excluding tert-OH is 2. The molecule has 0 aliphatic rings. The van der Waals surface area contributed by atoms with E-state index in [1.165, 1.54) is 19.3 Å². The standard InChI is InChI=1S/C12H26O2/c1-3-7-12(4-2,8-5-10-13)9-6-11-14/h13-14H,3-11H2,1-2H3. The SMILES string of the molecule is CCCC(CC)(CCCO)CCCO. The molecule has 0 saturated carbocycles. The summed E-state index contributed by atoms with van der Waals surface area (Å²) < 4.78 is 0. The maximum Gasteiger partial charge on any atom is 0.0431 e. The zero-order valence-electron chi connectivity index (χ0n) is 9.76. The molecular formula is C12H26O2. The van der Waals surface area contributed by atoms with Crippen LogP contribution >= 0.6 is 0 Å². The molecule has 2 N–H and O–H groups in total. The molecule has 0 unspecified atom stereocenters. The van der Waals surface area contributed by atoms with Crippen LogP contribution < -0.4 is 0 Å². The molecule has 0 aromatic heterocycles. The molecule has 2 nitrogen and oxygen atoms in total. The van der Waals surface area contributed by atoms with Gasteiger partial charge in [-0.1, -0.05) is 26.7 Å². The molecule has 0 aliphatic carbocycles. The van der Waals surface area contributed by atoms with Gasteiger partial charge in [0.15, 0.2) is 0 Å². The van der Waals surface area contributed by atoms with E-state index < -0.39 is 0 Å². The highest BCUT2D eigenvalue weighted by molar-refractivity contribution is 4.77. The molecular weight excluding hydrogens is 176 g/mol. The number of rotatable bonds is 9. The van der Waals surface area contributed by atoms with Crippen LogP contribution in [0.4, 0.5) is 0 Å². The first kappa shape index (κ1) is 13.9. The number of hydrogen-bond donors (Lipinski definition) is 2. The Hall–Kier alpha value is -0.0800. The van der Waals surface area contributed by atoms with Crippen LogP contribution in [0.2, 0.25) is 0 Å². The van der Waals surface area contributed by atoms with Crippen LogP contribution in [0.5, 0.6) is 0 Å². The number of aliphatic hydroxyl groups is 2. The van der Waals surface area contributed by atoms with Crippen LogP contribution in [-0.4, -0.2) is 23.4 Å². The van der Waals surface area contributed by atoms with Gasteiger partial charge in [0, 0.05) is 13.2 Å². The Labute approximate surface area is 88.3 Å². The minimum atomic E-state index is 0.296. The summed E-state index contributed by atoms with van der Waals surface area (Å²) in [7, 11) is 0. The molecule has 0 saturated heterocycles. The third-order valence-electron chi connectivity index (χ3n) is 3.26. The highest BCUT2D eigenvalue weighted by Gasteiger charge is 2.25. The van der Waals surface area contributed by atoms with Gasteiger partial charge in [-0.15, -0.1) is 0 Å². The third-order valence-corrected chi connectivity index (χ3v) is 3.26. The summed E-state index contributed by atoms with van der Waals surface area (Å²) in [5, 5.41) is 17.7. The van der Waals surface area contributed by atoms with E-state index in [1.54, 1.807) is 0 Å². The average molecular weight is 202 g/mol. The Morgan fingerprint density at radius 3 is 1.64 bits per heavy atom. The normalized spacial score (nSPS) is 12.0. The molecule has 86 valence electrons. The molecule has 0 aromatic carbocycles. The van der Waals surface area contributed by atoms with Crippen molar-refractivity contribution in [1.82, 2.24) is 0 Å². The lowest BCUT2D eigenvalue weighted by atomic mass is 9.73. The topological polar surface area (TPSA) is 40.5 Å². The Morgan fingerprint density at radius 2 is 1.36 bits per heavy atom. The Bertz CT molecular complexity index is 115. The van der Waals surface area contributed by atoms with Gasteiger partial charge in [0.05, 0.1) is 0 Å². The first-order valence-corrected chi connectivity index (χ1v) is 5.96. The van der Waals surface area contributed by atoms with Crippen molar-refractivity contribution in [3.8, 4) is 0 Å². The van der Waals surface area contributed by atoms with Crippen LogP contribution in [0.25, 0.3) is 0 Å². The van der Waals surface area contributed by atoms with Crippen molar-refractivity contribution in [3.63, 3.8) is 0 Å². The summed E-state index contributed by atoms with van der Waals surface area (Å²) >= 11 is 0. The molecule has 0 aromatic rings. The summed E-state index contributed by atoms with van der Waals surface area (Å²) in [6.45, 7) is 5.03.